The molecule has 1 saturated carbocycles. The molecule has 4 aromatic rings. The van der Waals surface area contributed by atoms with Crippen molar-refractivity contribution in [1.82, 2.24) is 24.4 Å². The van der Waals surface area contributed by atoms with Gasteiger partial charge in [-0.25, -0.2) is 19.2 Å². The van der Waals surface area contributed by atoms with Crippen molar-refractivity contribution in [2.75, 3.05) is 19.7 Å². The van der Waals surface area contributed by atoms with Crippen molar-refractivity contribution in [3.63, 3.8) is 0 Å². The van der Waals surface area contributed by atoms with Crippen LogP contribution in [0.25, 0.3) is 11.4 Å². The van der Waals surface area contributed by atoms with Crippen LogP contribution in [-0.4, -0.2) is 61.3 Å². The summed E-state index contributed by atoms with van der Waals surface area (Å²) in [6, 6.07) is 12.0. The zero-order chi connectivity index (χ0) is 28.1. The Balaban J connectivity index is 1.03. The van der Waals surface area contributed by atoms with Gasteiger partial charge in [-0.15, -0.1) is 0 Å². The molecule has 210 valence electrons. The van der Waals surface area contributed by atoms with Crippen molar-refractivity contribution < 1.29 is 28.2 Å². The predicted octanol–water partition coefficient (Wildman–Crippen LogP) is 3.66. The molecule has 11 nitrogen and oxygen atoms in total. The van der Waals surface area contributed by atoms with Gasteiger partial charge in [-0.2, -0.15) is 10.2 Å². The Kier molecular flexibility index (Phi) is 6.21. The quantitative estimate of drug-likeness (QED) is 0.324. The smallest absolute Gasteiger partial charge is 0.392 e. The first-order valence-corrected chi connectivity index (χ1v) is 13.6. The molecule has 1 aromatic carbocycles. The number of nitrogens with zero attached hydrogens (tertiary/aromatic N) is 6. The van der Waals surface area contributed by atoms with Crippen molar-refractivity contribution in [2.45, 2.75) is 50.5 Å². The van der Waals surface area contributed by atoms with Crippen molar-refractivity contribution >= 4 is 17.3 Å². The third kappa shape index (κ3) is 4.71. The summed E-state index contributed by atoms with van der Waals surface area (Å²) >= 11 is 0. The first-order valence-electron chi connectivity index (χ1n) is 13.6. The first kappa shape index (κ1) is 25.6. The van der Waals surface area contributed by atoms with E-state index in [0.717, 1.165) is 50.5 Å². The van der Waals surface area contributed by atoms with Crippen LogP contribution in [0.4, 0.5) is 4.39 Å². The summed E-state index contributed by atoms with van der Waals surface area (Å²) in [7, 11) is 0. The minimum atomic E-state index is -1.22. The number of piperidine rings is 1. The number of hydrogen-bond acceptors (Lipinski definition) is 9. The molecule has 0 spiro atoms. The fourth-order valence-electron chi connectivity index (χ4n) is 6.02. The molecule has 0 unspecified atom stereocenters. The molecule has 3 fully saturated rings. The van der Waals surface area contributed by atoms with Crippen LogP contribution in [0.15, 0.2) is 40.8 Å². The number of halogens is 1. The number of aromatic carboxylic acids is 1. The minimum Gasteiger partial charge on any atom is -0.474 e. The molecule has 1 N–H and O–H groups in total. The van der Waals surface area contributed by atoms with E-state index in [-0.39, 0.29) is 29.6 Å². The summed E-state index contributed by atoms with van der Waals surface area (Å²) in [6.45, 7) is 3.62. The number of fused-ring (bicyclic) bond motifs is 2. The fraction of sp³-hybridized carbons (Fsp3) is 0.414. The van der Waals surface area contributed by atoms with Crippen LogP contribution in [-0.2, 0) is 29.8 Å². The highest BCUT2D eigenvalue weighted by Gasteiger charge is 2.58. The lowest BCUT2D eigenvalue weighted by Crippen LogP contribution is -2.37. The number of carboxylic acids is 1. The Morgan fingerprint density at radius 3 is 2.88 bits per heavy atom. The third-order valence-electron chi connectivity index (χ3n) is 8.49. The average Bonchev–Trinajstić information content (AvgIpc) is 3.40. The van der Waals surface area contributed by atoms with Crippen molar-refractivity contribution in [3.8, 4) is 11.9 Å². The number of carbonyl (C=O) groups is 1. The van der Waals surface area contributed by atoms with Crippen LogP contribution in [0.2, 0.25) is 0 Å². The van der Waals surface area contributed by atoms with Gasteiger partial charge >= 0.3 is 11.9 Å². The summed E-state index contributed by atoms with van der Waals surface area (Å²) in [5.41, 5.74) is 2.30. The molecule has 5 heterocycles. The van der Waals surface area contributed by atoms with Crippen LogP contribution in [0.1, 0.15) is 52.6 Å². The number of aromatic nitrogens is 4. The second kappa shape index (κ2) is 9.94. The van der Waals surface area contributed by atoms with E-state index in [1.54, 1.807) is 18.2 Å². The highest BCUT2D eigenvalue weighted by atomic mass is 19.1. The molecular formula is C29H27FN6O5. The number of likely N-dealkylation sites (tertiary alicyclic amines) is 1. The number of rotatable bonds is 9. The summed E-state index contributed by atoms with van der Waals surface area (Å²) in [4.78, 5) is 27.2. The maximum absolute atomic E-state index is 14.3. The van der Waals surface area contributed by atoms with Crippen molar-refractivity contribution in [1.29, 1.82) is 5.26 Å². The molecule has 2 saturated heterocycles. The van der Waals surface area contributed by atoms with Gasteiger partial charge in [0.05, 0.1) is 36.5 Å². The highest BCUT2D eigenvalue weighted by Crippen LogP contribution is 2.59. The van der Waals surface area contributed by atoms with Crippen molar-refractivity contribution in [2.24, 2.45) is 5.92 Å². The number of benzene rings is 1. The van der Waals surface area contributed by atoms with Gasteiger partial charge in [0.25, 0.3) is 0 Å². The SMILES string of the molecule is N#Cc1ccc(COc2cccc([C@]34CCN(Cc5nc6nc(C(=O)O)oc6n5C[C@@H]5CCO5)C[C@H]3C4)n2)c(F)c1. The first-order chi connectivity index (χ1) is 19.9. The molecular weight excluding hydrogens is 531 g/mol. The molecule has 1 aliphatic carbocycles. The van der Waals surface area contributed by atoms with E-state index in [2.05, 4.69) is 14.9 Å². The number of oxazole rings is 1. The van der Waals surface area contributed by atoms with Gasteiger partial charge in [0.15, 0.2) is 0 Å². The average molecular weight is 559 g/mol. The Labute approximate surface area is 234 Å². The summed E-state index contributed by atoms with van der Waals surface area (Å²) in [5, 5.41) is 18.2. The maximum atomic E-state index is 14.3. The molecule has 3 atom stereocenters. The molecule has 12 heteroatoms. The van der Waals surface area contributed by atoms with Gasteiger partial charge in [-0.1, -0.05) is 12.1 Å². The lowest BCUT2D eigenvalue weighted by Gasteiger charge is -2.32. The molecule has 2 aliphatic heterocycles. The highest BCUT2D eigenvalue weighted by molar-refractivity contribution is 5.85. The monoisotopic (exact) mass is 558 g/mol. The zero-order valence-electron chi connectivity index (χ0n) is 22.1. The molecule has 0 radical (unpaired) electrons. The second-order valence-electron chi connectivity index (χ2n) is 11.0. The van der Waals surface area contributed by atoms with Gasteiger partial charge < -0.3 is 19.0 Å². The van der Waals surface area contributed by atoms with E-state index in [1.165, 1.54) is 6.07 Å². The van der Waals surface area contributed by atoms with E-state index < -0.39 is 11.8 Å². The van der Waals surface area contributed by atoms with Gasteiger partial charge in [0.1, 0.15) is 18.2 Å². The Hall–Kier alpha value is -4.34. The maximum Gasteiger partial charge on any atom is 0.392 e. The van der Waals surface area contributed by atoms with Crippen LogP contribution >= 0.6 is 0 Å². The van der Waals surface area contributed by atoms with Crippen molar-refractivity contribution in [3.05, 3.63) is 70.8 Å². The number of ether oxygens (including phenoxy) is 2. The summed E-state index contributed by atoms with van der Waals surface area (Å²) in [6.07, 6.45) is 2.95. The van der Waals surface area contributed by atoms with E-state index >= 15 is 0 Å². The largest absolute Gasteiger partial charge is 0.474 e. The van der Waals surface area contributed by atoms with E-state index in [1.807, 2.05) is 22.8 Å². The van der Waals surface area contributed by atoms with Gasteiger partial charge in [0, 0.05) is 30.2 Å². The Morgan fingerprint density at radius 1 is 1.27 bits per heavy atom. The van der Waals surface area contributed by atoms with Gasteiger partial charge in [0.2, 0.25) is 17.2 Å². The molecule has 41 heavy (non-hydrogen) atoms. The predicted molar refractivity (Wildman–Crippen MR) is 140 cm³/mol. The number of carboxylic acid groups (broad SMARTS) is 1. The van der Waals surface area contributed by atoms with Gasteiger partial charge in [-0.3, -0.25) is 9.47 Å². The van der Waals surface area contributed by atoms with E-state index in [9.17, 15) is 14.3 Å². The van der Waals surface area contributed by atoms with E-state index in [0.29, 0.717) is 41.8 Å². The molecule has 3 aliphatic rings. The fourth-order valence-corrected chi connectivity index (χ4v) is 6.02. The van der Waals surface area contributed by atoms with Crippen LogP contribution in [0.3, 0.4) is 0 Å². The topological polar surface area (TPSA) is 140 Å². The molecule has 3 aromatic heterocycles. The molecule has 7 rings (SSSR count). The summed E-state index contributed by atoms with van der Waals surface area (Å²) < 4.78 is 33.2. The van der Waals surface area contributed by atoms with E-state index in [4.69, 9.17) is 24.1 Å². The second-order valence-corrected chi connectivity index (χ2v) is 11.0. The summed E-state index contributed by atoms with van der Waals surface area (Å²) in [5.74, 6) is -0.381. The zero-order valence-corrected chi connectivity index (χ0v) is 22.1. The third-order valence-corrected chi connectivity index (χ3v) is 8.49. The molecule has 0 amide bonds. The Morgan fingerprint density at radius 2 is 2.15 bits per heavy atom. The molecule has 0 bridgehead atoms. The van der Waals surface area contributed by atoms with Crippen LogP contribution < -0.4 is 4.74 Å². The lowest BCUT2D eigenvalue weighted by molar-refractivity contribution is -0.0595. The standard InChI is InChI=1S/C29H27FN6O5/c30-21-10-17(12-31)4-5-18(21)16-40-24-3-1-2-22(32-24)29-7-8-35(13-19(29)11-29)15-23-33-25-27(41-26(34-25)28(37)38)36(23)14-20-6-9-39-20/h1-5,10,19-20H,6-9,11,13-16H2,(H,37,38)/t19-,20+,29+/m1/s1. The number of hydrogen-bond donors (Lipinski definition) is 1. The lowest BCUT2D eigenvalue weighted by atomic mass is 9.91. The van der Waals surface area contributed by atoms with Gasteiger partial charge in [-0.05, 0) is 49.9 Å². The van der Waals surface area contributed by atoms with Crippen LogP contribution in [0.5, 0.6) is 5.88 Å². The number of imidazole rings is 1. The Bertz CT molecular complexity index is 1690. The normalized spacial score (nSPS) is 23.5. The minimum absolute atomic E-state index is 0.00366. The number of pyridine rings is 1. The van der Waals surface area contributed by atoms with Crippen LogP contribution in [0, 0.1) is 23.1 Å². The number of nitriles is 1.